The Morgan fingerprint density at radius 1 is 1.22 bits per heavy atom. The number of rotatable bonds is 4. The van der Waals surface area contributed by atoms with Gasteiger partial charge in [0.1, 0.15) is 11.5 Å². The molecule has 0 aliphatic rings. The summed E-state index contributed by atoms with van der Waals surface area (Å²) in [5.41, 5.74) is 6.15. The summed E-state index contributed by atoms with van der Waals surface area (Å²) in [7, 11) is 0. The van der Waals surface area contributed by atoms with Crippen LogP contribution in [-0.4, -0.2) is 11.6 Å². The zero-order chi connectivity index (χ0) is 13.0. The van der Waals surface area contributed by atoms with Gasteiger partial charge in [0.05, 0.1) is 17.3 Å². The van der Waals surface area contributed by atoms with Gasteiger partial charge in [0.2, 0.25) is 5.88 Å². The van der Waals surface area contributed by atoms with Crippen LogP contribution in [0.5, 0.6) is 17.4 Å². The first-order chi connectivity index (χ1) is 8.69. The van der Waals surface area contributed by atoms with Crippen LogP contribution in [0.2, 0.25) is 5.02 Å². The quantitative estimate of drug-likeness (QED) is 0.918. The van der Waals surface area contributed by atoms with Crippen LogP contribution in [-0.2, 0) is 0 Å². The number of hydrogen-bond acceptors (Lipinski definition) is 4. The van der Waals surface area contributed by atoms with Crippen molar-refractivity contribution in [3.8, 4) is 17.4 Å². The Kier molecular flexibility index (Phi) is 3.89. The number of nitrogens with two attached hydrogens (primary N) is 1. The highest BCUT2D eigenvalue weighted by molar-refractivity contribution is 6.30. The molecule has 1 heterocycles. The van der Waals surface area contributed by atoms with Gasteiger partial charge >= 0.3 is 0 Å². The van der Waals surface area contributed by atoms with Gasteiger partial charge in [-0.1, -0.05) is 11.6 Å². The van der Waals surface area contributed by atoms with Crippen LogP contribution in [0.15, 0.2) is 36.5 Å². The lowest BCUT2D eigenvalue weighted by Gasteiger charge is -2.08. The molecule has 0 unspecified atom stereocenters. The highest BCUT2D eigenvalue weighted by Gasteiger charge is 2.04. The highest BCUT2D eigenvalue weighted by Crippen LogP contribution is 2.28. The summed E-state index contributed by atoms with van der Waals surface area (Å²) in [5.74, 6) is 1.77. The fraction of sp³-hybridized carbons (Fsp3) is 0.154. The topological polar surface area (TPSA) is 57.4 Å². The molecule has 0 aliphatic carbocycles. The largest absolute Gasteiger partial charge is 0.494 e. The van der Waals surface area contributed by atoms with E-state index < -0.39 is 0 Å². The van der Waals surface area contributed by atoms with Crippen molar-refractivity contribution in [2.45, 2.75) is 6.92 Å². The summed E-state index contributed by atoms with van der Waals surface area (Å²) < 4.78 is 10.9. The van der Waals surface area contributed by atoms with E-state index in [1.807, 2.05) is 19.1 Å². The maximum Gasteiger partial charge on any atom is 0.242 e. The number of aromatic nitrogens is 1. The van der Waals surface area contributed by atoms with E-state index >= 15 is 0 Å². The molecule has 94 valence electrons. The van der Waals surface area contributed by atoms with E-state index in [1.165, 1.54) is 6.20 Å². The first-order valence-electron chi connectivity index (χ1n) is 5.51. The Labute approximate surface area is 110 Å². The van der Waals surface area contributed by atoms with E-state index in [0.29, 0.717) is 28.9 Å². The molecule has 2 rings (SSSR count). The van der Waals surface area contributed by atoms with Gasteiger partial charge in [0, 0.05) is 6.20 Å². The van der Waals surface area contributed by atoms with E-state index in [1.54, 1.807) is 18.2 Å². The van der Waals surface area contributed by atoms with Crippen molar-refractivity contribution in [2.24, 2.45) is 0 Å². The third kappa shape index (κ3) is 3.05. The molecular formula is C13H13ClN2O2. The third-order valence-corrected chi connectivity index (χ3v) is 2.40. The predicted molar refractivity (Wildman–Crippen MR) is 71.3 cm³/mol. The molecule has 0 spiro atoms. The average molecular weight is 265 g/mol. The first-order valence-corrected chi connectivity index (χ1v) is 5.88. The lowest BCUT2D eigenvalue weighted by Crippen LogP contribution is -1.95. The SMILES string of the molecule is CCOc1ccc(Oc2ncc(Cl)cc2N)cc1. The van der Waals surface area contributed by atoms with Gasteiger partial charge in [-0.15, -0.1) is 0 Å². The van der Waals surface area contributed by atoms with Gasteiger partial charge in [0.25, 0.3) is 0 Å². The Morgan fingerprint density at radius 3 is 2.50 bits per heavy atom. The van der Waals surface area contributed by atoms with Gasteiger partial charge in [-0.2, -0.15) is 0 Å². The molecule has 0 amide bonds. The van der Waals surface area contributed by atoms with Gasteiger partial charge in [0.15, 0.2) is 0 Å². The Balaban J connectivity index is 2.13. The van der Waals surface area contributed by atoms with E-state index in [4.69, 9.17) is 26.8 Å². The summed E-state index contributed by atoms with van der Waals surface area (Å²) in [4.78, 5) is 4.02. The second kappa shape index (κ2) is 5.60. The fourth-order valence-electron chi connectivity index (χ4n) is 1.41. The van der Waals surface area contributed by atoms with E-state index in [-0.39, 0.29) is 0 Å². The molecular weight excluding hydrogens is 252 g/mol. The molecule has 0 fully saturated rings. The number of benzene rings is 1. The number of nitrogens with zero attached hydrogens (tertiary/aromatic N) is 1. The maximum atomic E-state index is 5.76. The van der Waals surface area contributed by atoms with Crippen LogP contribution in [0, 0.1) is 0 Å². The van der Waals surface area contributed by atoms with Crippen molar-refractivity contribution in [3.05, 3.63) is 41.6 Å². The van der Waals surface area contributed by atoms with Crippen LogP contribution in [0.4, 0.5) is 5.69 Å². The average Bonchev–Trinajstić information content (AvgIpc) is 2.35. The lowest BCUT2D eigenvalue weighted by atomic mass is 10.3. The van der Waals surface area contributed by atoms with Crippen molar-refractivity contribution in [3.63, 3.8) is 0 Å². The third-order valence-electron chi connectivity index (χ3n) is 2.19. The second-order valence-electron chi connectivity index (χ2n) is 3.55. The number of hydrogen-bond donors (Lipinski definition) is 1. The van der Waals surface area contributed by atoms with E-state index in [0.717, 1.165) is 5.75 Å². The molecule has 1 aromatic heterocycles. The van der Waals surface area contributed by atoms with Crippen LogP contribution in [0.1, 0.15) is 6.92 Å². The minimum Gasteiger partial charge on any atom is -0.494 e. The lowest BCUT2D eigenvalue weighted by molar-refractivity contribution is 0.339. The summed E-state index contributed by atoms with van der Waals surface area (Å²) in [5, 5.41) is 0.478. The second-order valence-corrected chi connectivity index (χ2v) is 3.99. The standard InChI is InChI=1S/C13H13ClN2O2/c1-2-17-10-3-5-11(6-4-10)18-13-12(15)7-9(14)8-16-13/h3-8H,2,15H2,1H3. The normalized spacial score (nSPS) is 10.1. The van der Waals surface area contributed by atoms with Crippen molar-refractivity contribution in [2.75, 3.05) is 12.3 Å². The van der Waals surface area contributed by atoms with Crippen molar-refractivity contribution in [1.29, 1.82) is 0 Å². The van der Waals surface area contributed by atoms with Crippen LogP contribution in [0.3, 0.4) is 0 Å². The Bertz CT molecular complexity index is 529. The number of nitrogen functional groups attached to an aromatic ring is 1. The molecule has 0 aliphatic heterocycles. The summed E-state index contributed by atoms with van der Waals surface area (Å²) in [6, 6.07) is 8.83. The zero-order valence-electron chi connectivity index (χ0n) is 9.89. The molecule has 0 saturated carbocycles. The number of ether oxygens (including phenoxy) is 2. The van der Waals surface area contributed by atoms with Crippen molar-refractivity contribution < 1.29 is 9.47 Å². The molecule has 18 heavy (non-hydrogen) atoms. The number of halogens is 1. The molecule has 4 nitrogen and oxygen atoms in total. The van der Waals surface area contributed by atoms with E-state index in [2.05, 4.69) is 4.98 Å². The summed E-state index contributed by atoms with van der Waals surface area (Å²) >= 11 is 5.76. The number of pyridine rings is 1. The fourth-order valence-corrected chi connectivity index (χ4v) is 1.58. The minimum absolute atomic E-state index is 0.337. The summed E-state index contributed by atoms with van der Waals surface area (Å²) in [6.45, 7) is 2.56. The van der Waals surface area contributed by atoms with Gasteiger partial charge in [-0.3, -0.25) is 0 Å². The monoisotopic (exact) mass is 264 g/mol. The first kappa shape index (κ1) is 12.5. The van der Waals surface area contributed by atoms with Crippen LogP contribution in [0.25, 0.3) is 0 Å². The molecule has 0 radical (unpaired) electrons. The zero-order valence-corrected chi connectivity index (χ0v) is 10.6. The van der Waals surface area contributed by atoms with Crippen molar-refractivity contribution in [1.82, 2.24) is 4.98 Å². The van der Waals surface area contributed by atoms with Crippen LogP contribution < -0.4 is 15.2 Å². The maximum absolute atomic E-state index is 5.76. The summed E-state index contributed by atoms with van der Waals surface area (Å²) in [6.07, 6.45) is 1.49. The molecule has 5 heteroatoms. The van der Waals surface area contributed by atoms with Crippen LogP contribution >= 0.6 is 11.6 Å². The highest BCUT2D eigenvalue weighted by atomic mass is 35.5. The molecule has 0 bridgehead atoms. The smallest absolute Gasteiger partial charge is 0.242 e. The Hall–Kier alpha value is -1.94. The Morgan fingerprint density at radius 2 is 1.89 bits per heavy atom. The predicted octanol–water partition coefficient (Wildman–Crippen LogP) is 3.51. The molecule has 2 aromatic rings. The molecule has 0 atom stereocenters. The molecule has 2 N–H and O–H groups in total. The van der Waals surface area contributed by atoms with Crippen molar-refractivity contribution >= 4 is 17.3 Å². The minimum atomic E-state index is 0.337. The van der Waals surface area contributed by atoms with Gasteiger partial charge in [-0.25, -0.2) is 4.98 Å². The van der Waals surface area contributed by atoms with Gasteiger partial charge in [-0.05, 0) is 37.3 Å². The molecule has 1 aromatic carbocycles. The molecule has 0 saturated heterocycles. The number of anilines is 1. The van der Waals surface area contributed by atoms with E-state index in [9.17, 15) is 0 Å². The van der Waals surface area contributed by atoms with Gasteiger partial charge < -0.3 is 15.2 Å².